The normalized spacial score (nSPS) is 17.6. The first-order chi connectivity index (χ1) is 9.39. The molecule has 2 N–H and O–H groups in total. The minimum absolute atomic E-state index is 0.0108. The maximum Gasteiger partial charge on any atom is 0.159 e. The Morgan fingerprint density at radius 1 is 1.35 bits per heavy atom. The number of aliphatic hydroxyl groups is 1. The zero-order valence-corrected chi connectivity index (χ0v) is 12.2. The van der Waals surface area contributed by atoms with Gasteiger partial charge in [0.2, 0.25) is 0 Å². The molecule has 1 aliphatic rings. The van der Waals surface area contributed by atoms with Gasteiger partial charge in [0.15, 0.2) is 5.78 Å². The summed E-state index contributed by atoms with van der Waals surface area (Å²) < 4.78 is 0. The Morgan fingerprint density at radius 3 is 2.60 bits per heavy atom. The molecule has 1 aromatic rings. The van der Waals surface area contributed by atoms with Crippen molar-refractivity contribution in [2.45, 2.75) is 44.8 Å². The predicted octanol–water partition coefficient (Wildman–Crippen LogP) is 2.33. The van der Waals surface area contributed by atoms with Crippen molar-refractivity contribution in [3.8, 4) is 5.75 Å². The van der Waals surface area contributed by atoms with Crippen LogP contribution in [0.1, 0.15) is 48.5 Å². The molecule has 0 aliphatic heterocycles. The molecule has 110 valence electrons. The lowest BCUT2D eigenvalue weighted by Gasteiger charge is -2.28. The fourth-order valence-electron chi connectivity index (χ4n) is 2.97. The maximum atomic E-state index is 11.4. The molecule has 0 spiro atoms. The van der Waals surface area contributed by atoms with Gasteiger partial charge in [-0.15, -0.1) is 0 Å². The highest BCUT2D eigenvalue weighted by atomic mass is 16.3. The number of phenolic OH excluding ortho intramolecular Hbond substituents is 1. The summed E-state index contributed by atoms with van der Waals surface area (Å²) in [5, 5.41) is 20.3. The molecule has 1 aromatic carbocycles. The lowest BCUT2D eigenvalue weighted by atomic mass is 10.0. The number of phenols is 1. The Bertz CT molecular complexity index is 492. The van der Waals surface area contributed by atoms with E-state index in [1.807, 2.05) is 11.9 Å². The molecular weight excluding hydrogens is 254 g/mol. The van der Waals surface area contributed by atoms with Gasteiger partial charge in [0.05, 0.1) is 5.60 Å². The van der Waals surface area contributed by atoms with Crippen molar-refractivity contribution in [1.29, 1.82) is 0 Å². The summed E-state index contributed by atoms with van der Waals surface area (Å²) in [4.78, 5) is 13.4. The molecular formula is C16H23NO3. The molecule has 1 fully saturated rings. The van der Waals surface area contributed by atoms with E-state index in [0.717, 1.165) is 31.2 Å². The first kappa shape index (κ1) is 15.0. The Kier molecular flexibility index (Phi) is 4.45. The van der Waals surface area contributed by atoms with E-state index in [9.17, 15) is 15.0 Å². The third-order valence-corrected chi connectivity index (χ3v) is 4.02. The number of hydrogen-bond acceptors (Lipinski definition) is 4. The predicted molar refractivity (Wildman–Crippen MR) is 77.9 cm³/mol. The molecule has 1 saturated carbocycles. The molecule has 20 heavy (non-hydrogen) atoms. The highest BCUT2D eigenvalue weighted by Gasteiger charge is 2.32. The van der Waals surface area contributed by atoms with Crippen molar-refractivity contribution in [1.82, 2.24) is 4.90 Å². The fraction of sp³-hybridized carbons (Fsp3) is 0.562. The largest absolute Gasteiger partial charge is 0.508 e. The van der Waals surface area contributed by atoms with E-state index in [4.69, 9.17) is 0 Å². The molecule has 0 unspecified atom stereocenters. The number of aromatic hydroxyl groups is 1. The maximum absolute atomic E-state index is 11.4. The number of Topliss-reactive ketones (excluding diaryl/α,β-unsaturated/α-hetero) is 1. The summed E-state index contributed by atoms with van der Waals surface area (Å²) in [7, 11) is 1.93. The number of nitrogens with zero attached hydrogens (tertiary/aromatic N) is 1. The molecule has 4 nitrogen and oxygen atoms in total. The molecule has 0 aromatic heterocycles. The van der Waals surface area contributed by atoms with Crippen LogP contribution < -0.4 is 0 Å². The Labute approximate surface area is 120 Å². The first-order valence-electron chi connectivity index (χ1n) is 7.13. The molecule has 2 rings (SSSR count). The summed E-state index contributed by atoms with van der Waals surface area (Å²) in [6.07, 6.45) is 3.85. The fourth-order valence-corrected chi connectivity index (χ4v) is 2.97. The van der Waals surface area contributed by atoms with Gasteiger partial charge in [0.1, 0.15) is 5.75 Å². The van der Waals surface area contributed by atoms with Crippen LogP contribution >= 0.6 is 0 Å². The van der Waals surface area contributed by atoms with Gasteiger partial charge in [-0.05, 0) is 45.0 Å². The molecule has 4 heteroatoms. The van der Waals surface area contributed by atoms with Gasteiger partial charge in [-0.1, -0.05) is 12.8 Å². The van der Waals surface area contributed by atoms with Crippen LogP contribution in [0.3, 0.4) is 0 Å². The highest BCUT2D eigenvalue weighted by Crippen LogP contribution is 2.30. The number of rotatable bonds is 5. The van der Waals surface area contributed by atoms with Gasteiger partial charge in [-0.25, -0.2) is 0 Å². The van der Waals surface area contributed by atoms with Gasteiger partial charge < -0.3 is 10.2 Å². The molecule has 0 heterocycles. The second kappa shape index (κ2) is 5.94. The van der Waals surface area contributed by atoms with Crippen molar-refractivity contribution in [3.05, 3.63) is 29.3 Å². The standard InChI is InChI=1S/C16H23NO3/c1-12(18)13-5-6-15(19)14(9-13)10-17(2)11-16(20)7-3-4-8-16/h5-6,9,19-20H,3-4,7-8,10-11H2,1-2H3. The van der Waals surface area contributed by atoms with Crippen molar-refractivity contribution in [2.75, 3.05) is 13.6 Å². The van der Waals surface area contributed by atoms with E-state index < -0.39 is 5.60 Å². The Balaban J connectivity index is 2.05. The second-order valence-corrected chi connectivity index (χ2v) is 6.00. The number of ketones is 1. The average molecular weight is 277 g/mol. The number of carbonyl (C=O) groups excluding carboxylic acids is 1. The first-order valence-corrected chi connectivity index (χ1v) is 7.13. The van der Waals surface area contributed by atoms with Crippen LogP contribution in [-0.2, 0) is 6.54 Å². The monoisotopic (exact) mass is 277 g/mol. The van der Waals surface area contributed by atoms with E-state index in [2.05, 4.69) is 0 Å². The summed E-state index contributed by atoms with van der Waals surface area (Å²) >= 11 is 0. The number of benzene rings is 1. The van der Waals surface area contributed by atoms with Gasteiger partial charge in [-0.2, -0.15) is 0 Å². The van der Waals surface area contributed by atoms with Crippen LogP contribution in [0.25, 0.3) is 0 Å². The van der Waals surface area contributed by atoms with Gasteiger partial charge in [-0.3, -0.25) is 9.69 Å². The van der Waals surface area contributed by atoms with Crippen LogP contribution in [-0.4, -0.2) is 40.1 Å². The summed E-state index contributed by atoms with van der Waals surface area (Å²) in [5.74, 6) is 0.184. The number of hydrogen-bond donors (Lipinski definition) is 2. The summed E-state index contributed by atoms with van der Waals surface area (Å²) in [6.45, 7) is 2.63. The van der Waals surface area contributed by atoms with Crippen LogP contribution in [0.4, 0.5) is 0 Å². The van der Waals surface area contributed by atoms with E-state index in [1.165, 1.54) is 6.92 Å². The van der Waals surface area contributed by atoms with E-state index in [-0.39, 0.29) is 11.5 Å². The third-order valence-electron chi connectivity index (χ3n) is 4.02. The van der Waals surface area contributed by atoms with Crippen molar-refractivity contribution in [2.24, 2.45) is 0 Å². The third kappa shape index (κ3) is 3.58. The smallest absolute Gasteiger partial charge is 0.159 e. The van der Waals surface area contributed by atoms with Gasteiger partial charge >= 0.3 is 0 Å². The SMILES string of the molecule is CC(=O)c1ccc(O)c(CN(C)CC2(O)CCCC2)c1. The number of likely N-dealkylation sites (N-methyl/N-ethyl adjacent to an activating group) is 1. The van der Waals surface area contributed by atoms with Crippen LogP contribution in [0.5, 0.6) is 5.75 Å². The quantitative estimate of drug-likeness (QED) is 0.811. The lowest BCUT2D eigenvalue weighted by molar-refractivity contribution is 0.0143. The summed E-state index contributed by atoms with van der Waals surface area (Å²) in [5.41, 5.74) is 0.732. The zero-order chi connectivity index (χ0) is 14.8. The lowest BCUT2D eigenvalue weighted by Crippen LogP contribution is -2.38. The second-order valence-electron chi connectivity index (χ2n) is 6.00. The Morgan fingerprint density at radius 2 is 2.00 bits per heavy atom. The van der Waals surface area contributed by atoms with E-state index in [1.54, 1.807) is 18.2 Å². The van der Waals surface area contributed by atoms with Crippen LogP contribution in [0.15, 0.2) is 18.2 Å². The van der Waals surface area contributed by atoms with Gasteiger partial charge in [0, 0.05) is 24.2 Å². The molecule has 0 amide bonds. The average Bonchev–Trinajstić information content (AvgIpc) is 2.78. The molecule has 0 saturated heterocycles. The minimum Gasteiger partial charge on any atom is -0.508 e. The zero-order valence-electron chi connectivity index (χ0n) is 12.2. The highest BCUT2D eigenvalue weighted by molar-refractivity contribution is 5.94. The van der Waals surface area contributed by atoms with E-state index in [0.29, 0.717) is 18.7 Å². The van der Waals surface area contributed by atoms with Crippen molar-refractivity contribution >= 4 is 5.78 Å². The van der Waals surface area contributed by atoms with Gasteiger partial charge in [0.25, 0.3) is 0 Å². The van der Waals surface area contributed by atoms with Crippen LogP contribution in [0.2, 0.25) is 0 Å². The van der Waals surface area contributed by atoms with Crippen molar-refractivity contribution in [3.63, 3.8) is 0 Å². The topological polar surface area (TPSA) is 60.8 Å². The number of carbonyl (C=O) groups is 1. The molecule has 1 aliphatic carbocycles. The Hall–Kier alpha value is -1.39. The molecule has 0 bridgehead atoms. The van der Waals surface area contributed by atoms with Crippen molar-refractivity contribution < 1.29 is 15.0 Å². The van der Waals surface area contributed by atoms with Crippen LogP contribution in [0, 0.1) is 0 Å². The van der Waals surface area contributed by atoms with E-state index >= 15 is 0 Å². The minimum atomic E-state index is -0.595. The molecule has 0 atom stereocenters. The summed E-state index contributed by atoms with van der Waals surface area (Å²) in [6, 6.07) is 4.92. The molecule has 0 radical (unpaired) electrons.